The lowest BCUT2D eigenvalue weighted by atomic mass is 10.2. The summed E-state index contributed by atoms with van der Waals surface area (Å²) in [6.07, 6.45) is 0. The minimum absolute atomic E-state index is 0.242. The predicted molar refractivity (Wildman–Crippen MR) is 79.7 cm³/mol. The van der Waals surface area contributed by atoms with Crippen molar-refractivity contribution in [3.05, 3.63) is 58.3 Å². The van der Waals surface area contributed by atoms with E-state index in [2.05, 4.69) is 21.2 Å². The van der Waals surface area contributed by atoms with Crippen LogP contribution in [-0.4, -0.2) is 12.5 Å². The largest absolute Gasteiger partial charge is 0.494 e. The molecule has 0 unspecified atom stereocenters. The molecule has 1 amide bonds. The van der Waals surface area contributed by atoms with E-state index in [1.54, 1.807) is 24.3 Å². The number of carbonyl (C=O) groups excluding carboxylic acids is 1. The molecule has 0 aliphatic heterocycles. The number of hydrogen-bond donors (Lipinski definition) is 1. The van der Waals surface area contributed by atoms with Gasteiger partial charge >= 0.3 is 0 Å². The van der Waals surface area contributed by atoms with E-state index in [1.807, 2.05) is 6.92 Å². The summed E-state index contributed by atoms with van der Waals surface area (Å²) in [5, 5.41) is 2.71. The minimum Gasteiger partial charge on any atom is -0.494 e. The Morgan fingerprint density at radius 1 is 1.30 bits per heavy atom. The molecule has 1 N–H and O–H groups in total. The summed E-state index contributed by atoms with van der Waals surface area (Å²) in [7, 11) is 0. The molecule has 0 radical (unpaired) electrons. The van der Waals surface area contributed by atoms with Crippen LogP contribution in [0, 0.1) is 5.82 Å². The highest BCUT2D eigenvalue weighted by Crippen LogP contribution is 2.21. The molecule has 5 heteroatoms. The number of hydrogen-bond acceptors (Lipinski definition) is 2. The van der Waals surface area contributed by atoms with Gasteiger partial charge in [0.05, 0.1) is 12.2 Å². The molecule has 0 saturated heterocycles. The maximum absolute atomic E-state index is 13.2. The Balaban J connectivity index is 2.19. The van der Waals surface area contributed by atoms with Gasteiger partial charge in [-0.15, -0.1) is 0 Å². The van der Waals surface area contributed by atoms with E-state index in [1.165, 1.54) is 18.2 Å². The van der Waals surface area contributed by atoms with Crippen molar-refractivity contribution in [1.82, 2.24) is 0 Å². The van der Waals surface area contributed by atoms with Gasteiger partial charge in [0, 0.05) is 16.2 Å². The number of anilines is 1. The van der Waals surface area contributed by atoms with Crippen molar-refractivity contribution in [2.75, 3.05) is 11.9 Å². The van der Waals surface area contributed by atoms with E-state index in [-0.39, 0.29) is 11.5 Å². The first kappa shape index (κ1) is 14.5. The van der Waals surface area contributed by atoms with E-state index in [4.69, 9.17) is 4.74 Å². The highest BCUT2D eigenvalue weighted by Gasteiger charge is 2.11. The van der Waals surface area contributed by atoms with Gasteiger partial charge in [-0.1, -0.05) is 6.07 Å². The number of rotatable bonds is 4. The molecule has 0 aliphatic carbocycles. The van der Waals surface area contributed by atoms with E-state index in [9.17, 15) is 9.18 Å². The zero-order valence-electron chi connectivity index (χ0n) is 10.8. The van der Waals surface area contributed by atoms with Gasteiger partial charge in [0.25, 0.3) is 5.91 Å². The Morgan fingerprint density at radius 2 is 2.10 bits per heavy atom. The Kier molecular flexibility index (Phi) is 4.74. The van der Waals surface area contributed by atoms with E-state index >= 15 is 0 Å². The van der Waals surface area contributed by atoms with Gasteiger partial charge < -0.3 is 10.1 Å². The average molecular weight is 338 g/mol. The molecule has 2 aromatic rings. The summed E-state index contributed by atoms with van der Waals surface area (Å²) in [4.78, 5) is 12.1. The highest BCUT2D eigenvalue weighted by atomic mass is 79.9. The molecule has 0 aromatic heterocycles. The Bertz CT molecular complexity index is 631. The van der Waals surface area contributed by atoms with Crippen molar-refractivity contribution < 1.29 is 13.9 Å². The van der Waals surface area contributed by atoms with Crippen LogP contribution in [0.4, 0.5) is 10.1 Å². The van der Waals surface area contributed by atoms with Crippen LogP contribution < -0.4 is 10.1 Å². The molecule has 0 fully saturated rings. The summed E-state index contributed by atoms with van der Waals surface area (Å²) in [5.74, 6) is -0.171. The summed E-state index contributed by atoms with van der Waals surface area (Å²) < 4.78 is 19.1. The summed E-state index contributed by atoms with van der Waals surface area (Å²) >= 11 is 3.23. The highest BCUT2D eigenvalue weighted by molar-refractivity contribution is 9.10. The van der Waals surface area contributed by atoms with Crippen LogP contribution in [0.2, 0.25) is 0 Å². The second-order valence-electron chi connectivity index (χ2n) is 4.04. The maximum atomic E-state index is 13.2. The molecule has 0 atom stereocenters. The molecular weight excluding hydrogens is 325 g/mol. The van der Waals surface area contributed by atoms with Gasteiger partial charge in [-0.05, 0) is 53.2 Å². The quantitative estimate of drug-likeness (QED) is 0.906. The molecule has 0 aliphatic rings. The fourth-order valence-electron chi connectivity index (χ4n) is 1.70. The first-order valence-corrected chi connectivity index (χ1v) is 6.88. The molecular formula is C15H13BrFNO2. The smallest absolute Gasteiger partial charge is 0.256 e. The summed E-state index contributed by atoms with van der Waals surface area (Å²) in [5.41, 5.74) is 0.837. The van der Waals surface area contributed by atoms with Crippen molar-refractivity contribution in [3.8, 4) is 5.75 Å². The van der Waals surface area contributed by atoms with Gasteiger partial charge in [-0.25, -0.2) is 4.39 Å². The van der Waals surface area contributed by atoms with E-state index < -0.39 is 5.82 Å². The normalized spacial score (nSPS) is 10.2. The van der Waals surface area contributed by atoms with Crippen LogP contribution in [0.5, 0.6) is 5.75 Å². The second-order valence-corrected chi connectivity index (χ2v) is 4.89. The van der Waals surface area contributed by atoms with Crippen LogP contribution in [0.15, 0.2) is 46.9 Å². The first-order valence-electron chi connectivity index (χ1n) is 6.09. The zero-order valence-corrected chi connectivity index (χ0v) is 12.4. The van der Waals surface area contributed by atoms with E-state index in [0.29, 0.717) is 22.5 Å². The van der Waals surface area contributed by atoms with Crippen LogP contribution in [-0.2, 0) is 0 Å². The molecule has 2 aromatic carbocycles. The average Bonchev–Trinajstić information content (AvgIpc) is 2.42. The van der Waals surface area contributed by atoms with Crippen molar-refractivity contribution in [2.24, 2.45) is 0 Å². The first-order chi connectivity index (χ1) is 9.60. The number of ether oxygens (including phenoxy) is 1. The van der Waals surface area contributed by atoms with Crippen molar-refractivity contribution in [3.63, 3.8) is 0 Å². The lowest BCUT2D eigenvalue weighted by molar-refractivity contribution is 0.102. The molecule has 0 spiro atoms. The van der Waals surface area contributed by atoms with Crippen LogP contribution >= 0.6 is 15.9 Å². The molecule has 104 valence electrons. The fourth-order valence-corrected chi connectivity index (χ4v) is 2.13. The topological polar surface area (TPSA) is 38.3 Å². The van der Waals surface area contributed by atoms with Crippen LogP contribution in [0.1, 0.15) is 17.3 Å². The van der Waals surface area contributed by atoms with Gasteiger partial charge in [-0.3, -0.25) is 4.79 Å². The molecule has 0 saturated carbocycles. The van der Waals surface area contributed by atoms with Crippen molar-refractivity contribution in [2.45, 2.75) is 6.92 Å². The maximum Gasteiger partial charge on any atom is 0.256 e. The third-order valence-electron chi connectivity index (χ3n) is 2.58. The number of carbonyl (C=O) groups is 1. The number of halogens is 2. The van der Waals surface area contributed by atoms with Gasteiger partial charge in [0.1, 0.15) is 11.6 Å². The Morgan fingerprint density at radius 3 is 2.85 bits per heavy atom. The molecule has 3 nitrogen and oxygen atoms in total. The van der Waals surface area contributed by atoms with Crippen molar-refractivity contribution >= 4 is 27.5 Å². The number of amides is 1. The van der Waals surface area contributed by atoms with Gasteiger partial charge in [-0.2, -0.15) is 0 Å². The third-order valence-corrected chi connectivity index (χ3v) is 3.27. The SMILES string of the molecule is CCOc1cccc(NC(=O)c2cc(F)ccc2Br)c1. The molecule has 20 heavy (non-hydrogen) atoms. The lowest BCUT2D eigenvalue weighted by Gasteiger charge is -2.09. The lowest BCUT2D eigenvalue weighted by Crippen LogP contribution is -2.13. The standard InChI is InChI=1S/C15H13BrFNO2/c1-2-20-12-5-3-4-11(9-12)18-15(19)13-8-10(17)6-7-14(13)16/h3-9H,2H2,1H3,(H,18,19). The molecule has 2 rings (SSSR count). The third kappa shape index (κ3) is 3.57. The fraction of sp³-hybridized carbons (Fsp3) is 0.133. The van der Waals surface area contributed by atoms with E-state index in [0.717, 1.165) is 0 Å². The second kappa shape index (κ2) is 6.52. The zero-order chi connectivity index (χ0) is 14.5. The van der Waals surface area contributed by atoms with Crippen LogP contribution in [0.25, 0.3) is 0 Å². The summed E-state index contributed by atoms with van der Waals surface area (Å²) in [6, 6.07) is 11.0. The molecule has 0 heterocycles. The number of benzene rings is 2. The van der Waals surface area contributed by atoms with Gasteiger partial charge in [0.2, 0.25) is 0 Å². The number of nitrogens with one attached hydrogen (secondary N) is 1. The predicted octanol–water partition coefficient (Wildman–Crippen LogP) is 4.24. The summed E-state index contributed by atoms with van der Waals surface area (Å²) in [6.45, 7) is 2.43. The van der Waals surface area contributed by atoms with Gasteiger partial charge in [0.15, 0.2) is 0 Å². The minimum atomic E-state index is -0.457. The van der Waals surface area contributed by atoms with Crippen molar-refractivity contribution in [1.29, 1.82) is 0 Å². The monoisotopic (exact) mass is 337 g/mol. The Labute approximate surface area is 124 Å². The Hall–Kier alpha value is -1.88. The molecule has 0 bridgehead atoms. The van der Waals surface area contributed by atoms with Crippen LogP contribution in [0.3, 0.4) is 0 Å².